The highest BCUT2D eigenvalue weighted by atomic mass is 19.1. The molecule has 2 aromatic heterocycles. The van der Waals surface area contributed by atoms with E-state index in [1.807, 2.05) is 6.92 Å². The minimum Gasteiger partial charge on any atom is -0.292 e. The molecule has 2 aliphatic rings. The maximum Gasteiger partial charge on any atom is 0.182 e. The van der Waals surface area contributed by atoms with Gasteiger partial charge >= 0.3 is 0 Å². The number of halogens is 2. The molecule has 7 heteroatoms. The first-order valence-electron chi connectivity index (χ1n) is 11.5. The van der Waals surface area contributed by atoms with Gasteiger partial charge in [0, 0.05) is 12.6 Å². The number of hydrogen-bond acceptors (Lipinski definition) is 5. The number of fused-ring (bicyclic) bond motifs is 5. The molecule has 170 valence electrons. The van der Waals surface area contributed by atoms with Crippen LogP contribution < -0.4 is 0 Å². The van der Waals surface area contributed by atoms with E-state index in [2.05, 4.69) is 29.0 Å². The maximum atomic E-state index is 14.4. The summed E-state index contributed by atoms with van der Waals surface area (Å²) in [6.07, 6.45) is 7.15. The van der Waals surface area contributed by atoms with E-state index >= 15 is 0 Å². The van der Waals surface area contributed by atoms with Crippen LogP contribution in [-0.4, -0.2) is 25.9 Å². The first-order valence-corrected chi connectivity index (χ1v) is 11.5. The van der Waals surface area contributed by atoms with E-state index in [0.29, 0.717) is 12.1 Å². The van der Waals surface area contributed by atoms with Crippen LogP contribution in [0.15, 0.2) is 36.7 Å². The lowest BCUT2D eigenvalue weighted by Gasteiger charge is -2.37. The predicted octanol–water partition coefficient (Wildman–Crippen LogP) is 5.79. The van der Waals surface area contributed by atoms with Crippen molar-refractivity contribution in [2.75, 3.05) is 0 Å². The lowest BCUT2D eigenvalue weighted by molar-refractivity contribution is 0.0973. The number of ketones is 1. The summed E-state index contributed by atoms with van der Waals surface area (Å²) < 4.78 is 28.8. The van der Waals surface area contributed by atoms with Crippen molar-refractivity contribution in [1.29, 1.82) is 0 Å². The molecule has 0 aliphatic heterocycles. The minimum atomic E-state index is -0.662. The molecule has 33 heavy (non-hydrogen) atoms. The standard InChI is InChI=1S/C26H26F2N4O/c1-4-5-9-21(33)20-13-29-14-22(30-20)26-11-10-16(25(26,2)3)15-12-19(31-32-24(15)26)23-17(27)7-6-8-18(23)28/h6-8,12-14,16H,4-5,9-11H2,1-3H3/t16-,26-/m0/s1. The van der Waals surface area contributed by atoms with Gasteiger partial charge in [0.05, 0.1) is 34.3 Å². The van der Waals surface area contributed by atoms with Gasteiger partial charge in [0.15, 0.2) is 5.78 Å². The fourth-order valence-electron chi connectivity index (χ4n) is 5.93. The highest BCUT2D eigenvalue weighted by Crippen LogP contribution is 2.69. The van der Waals surface area contributed by atoms with Gasteiger partial charge in [-0.15, -0.1) is 5.10 Å². The maximum absolute atomic E-state index is 14.4. The second-order valence-electron chi connectivity index (χ2n) is 9.66. The van der Waals surface area contributed by atoms with Crippen LogP contribution in [0.25, 0.3) is 11.3 Å². The van der Waals surface area contributed by atoms with Crippen LogP contribution in [0.2, 0.25) is 0 Å². The molecule has 0 saturated heterocycles. The number of aromatic nitrogens is 4. The van der Waals surface area contributed by atoms with Crippen molar-refractivity contribution in [2.45, 2.75) is 64.2 Å². The van der Waals surface area contributed by atoms with E-state index in [0.717, 1.165) is 42.6 Å². The predicted molar refractivity (Wildman–Crippen MR) is 120 cm³/mol. The Morgan fingerprint density at radius 1 is 1.15 bits per heavy atom. The average Bonchev–Trinajstić information content (AvgIpc) is 3.18. The monoisotopic (exact) mass is 448 g/mol. The highest BCUT2D eigenvalue weighted by Gasteiger charge is 2.65. The first-order chi connectivity index (χ1) is 15.8. The third kappa shape index (κ3) is 3.05. The van der Waals surface area contributed by atoms with Crippen LogP contribution in [0.3, 0.4) is 0 Å². The number of hydrogen-bond donors (Lipinski definition) is 0. The van der Waals surface area contributed by atoms with Crippen LogP contribution in [0, 0.1) is 17.0 Å². The lowest BCUT2D eigenvalue weighted by Crippen LogP contribution is -2.38. The van der Waals surface area contributed by atoms with Gasteiger partial charge in [0.1, 0.15) is 17.3 Å². The van der Waals surface area contributed by atoms with E-state index in [1.54, 1.807) is 12.3 Å². The fourth-order valence-corrected chi connectivity index (χ4v) is 5.93. The number of Topliss-reactive ketones (excluding diaryl/α,β-unsaturated/α-hetero) is 1. The number of nitrogens with zero attached hydrogens (tertiary/aromatic N) is 4. The van der Waals surface area contributed by atoms with Crippen LogP contribution in [0.1, 0.15) is 86.2 Å². The number of rotatable bonds is 6. The number of benzene rings is 1. The third-order valence-corrected chi connectivity index (χ3v) is 7.72. The highest BCUT2D eigenvalue weighted by molar-refractivity contribution is 5.93. The van der Waals surface area contributed by atoms with Crippen LogP contribution in [0.5, 0.6) is 0 Å². The van der Waals surface area contributed by atoms with E-state index < -0.39 is 17.0 Å². The Morgan fingerprint density at radius 3 is 2.64 bits per heavy atom. The number of carbonyl (C=O) groups is 1. The summed E-state index contributed by atoms with van der Waals surface area (Å²) >= 11 is 0. The van der Waals surface area contributed by atoms with Crippen molar-refractivity contribution in [1.82, 2.24) is 20.2 Å². The van der Waals surface area contributed by atoms with Crippen LogP contribution in [-0.2, 0) is 5.41 Å². The molecule has 5 nitrogen and oxygen atoms in total. The summed E-state index contributed by atoms with van der Waals surface area (Å²) in [4.78, 5) is 21.8. The smallest absolute Gasteiger partial charge is 0.182 e. The molecular weight excluding hydrogens is 422 g/mol. The molecule has 1 saturated carbocycles. The molecule has 0 amide bonds. The van der Waals surface area contributed by atoms with Crippen molar-refractivity contribution < 1.29 is 13.6 Å². The van der Waals surface area contributed by atoms with Gasteiger partial charge in [0.25, 0.3) is 0 Å². The Kier molecular flexibility index (Phi) is 5.10. The molecule has 0 radical (unpaired) electrons. The van der Waals surface area contributed by atoms with Gasteiger partial charge in [-0.2, -0.15) is 5.10 Å². The molecule has 2 heterocycles. The summed E-state index contributed by atoms with van der Waals surface area (Å²) in [5.41, 5.74) is 2.02. The molecule has 0 spiro atoms. The van der Waals surface area contributed by atoms with E-state index in [1.165, 1.54) is 24.4 Å². The average molecular weight is 449 g/mol. The second-order valence-corrected chi connectivity index (χ2v) is 9.66. The summed E-state index contributed by atoms with van der Waals surface area (Å²) in [6.45, 7) is 6.39. The normalized spacial score (nSPS) is 22.4. The van der Waals surface area contributed by atoms with Crippen molar-refractivity contribution >= 4 is 5.78 Å². The molecular formula is C26H26F2N4O. The number of carbonyl (C=O) groups excluding carboxylic acids is 1. The van der Waals surface area contributed by atoms with Gasteiger partial charge in [0.2, 0.25) is 0 Å². The Hall–Kier alpha value is -3.09. The SMILES string of the molecule is CCCCC(=O)c1cncc([C@@]23CC[C@@H](c4cc(-c5c(F)cccc5F)nnc42)C3(C)C)n1. The van der Waals surface area contributed by atoms with Crippen molar-refractivity contribution in [3.8, 4) is 11.3 Å². The second kappa shape index (κ2) is 7.75. The summed E-state index contributed by atoms with van der Waals surface area (Å²) in [5, 5.41) is 8.78. The Labute approximate surface area is 191 Å². The molecule has 2 bridgehead atoms. The Balaban J connectivity index is 1.63. The van der Waals surface area contributed by atoms with Crippen molar-refractivity contribution in [3.05, 3.63) is 70.9 Å². The Morgan fingerprint density at radius 2 is 1.91 bits per heavy atom. The lowest BCUT2D eigenvalue weighted by atomic mass is 9.66. The zero-order valence-corrected chi connectivity index (χ0v) is 19.0. The van der Waals surface area contributed by atoms with Gasteiger partial charge in [-0.3, -0.25) is 9.78 Å². The van der Waals surface area contributed by atoms with Gasteiger partial charge in [-0.25, -0.2) is 13.8 Å². The van der Waals surface area contributed by atoms with Crippen molar-refractivity contribution in [2.24, 2.45) is 5.41 Å². The zero-order chi connectivity index (χ0) is 23.4. The van der Waals surface area contributed by atoms with Crippen LogP contribution in [0.4, 0.5) is 8.78 Å². The number of unbranched alkanes of at least 4 members (excludes halogenated alkanes) is 1. The van der Waals surface area contributed by atoms with Gasteiger partial charge in [-0.05, 0) is 54.4 Å². The van der Waals surface area contributed by atoms with E-state index in [-0.39, 0.29) is 28.4 Å². The summed E-state index contributed by atoms with van der Waals surface area (Å²) in [7, 11) is 0. The molecule has 0 N–H and O–H groups in total. The first kappa shape index (κ1) is 21.7. The summed E-state index contributed by atoms with van der Waals surface area (Å²) in [6, 6.07) is 5.56. The fraction of sp³-hybridized carbons (Fsp3) is 0.423. The van der Waals surface area contributed by atoms with E-state index in [9.17, 15) is 13.6 Å². The minimum absolute atomic E-state index is 0.00960. The van der Waals surface area contributed by atoms with Gasteiger partial charge in [-0.1, -0.05) is 33.3 Å². The molecule has 1 aromatic carbocycles. The molecule has 3 aromatic rings. The summed E-state index contributed by atoms with van der Waals surface area (Å²) in [5.74, 6) is -1.20. The zero-order valence-electron chi connectivity index (χ0n) is 19.0. The molecule has 2 aliphatic carbocycles. The van der Waals surface area contributed by atoms with Gasteiger partial charge < -0.3 is 0 Å². The largest absolute Gasteiger partial charge is 0.292 e. The quantitative estimate of drug-likeness (QED) is 0.447. The molecule has 1 fully saturated rings. The van der Waals surface area contributed by atoms with Crippen molar-refractivity contribution in [3.63, 3.8) is 0 Å². The molecule has 0 unspecified atom stereocenters. The molecule has 2 atom stereocenters. The van der Waals surface area contributed by atoms with E-state index in [4.69, 9.17) is 4.98 Å². The Bertz CT molecular complexity index is 1240. The molecule has 5 rings (SSSR count). The third-order valence-electron chi connectivity index (χ3n) is 7.72. The topological polar surface area (TPSA) is 68.6 Å². The van der Waals surface area contributed by atoms with Crippen LogP contribution >= 0.6 is 0 Å².